The van der Waals surface area contributed by atoms with Gasteiger partial charge in [0.1, 0.15) is 0 Å². The topological polar surface area (TPSA) is 75.7 Å². The van der Waals surface area contributed by atoms with Crippen LogP contribution in [0.4, 0.5) is 0 Å². The zero-order valence-electron chi connectivity index (χ0n) is 14.2. The summed E-state index contributed by atoms with van der Waals surface area (Å²) >= 11 is 0. The van der Waals surface area contributed by atoms with Crippen molar-refractivity contribution in [3.05, 3.63) is 35.4 Å². The van der Waals surface area contributed by atoms with Crippen LogP contribution in [0, 0.1) is 0 Å². The number of rotatable bonds is 5. The van der Waals surface area contributed by atoms with Gasteiger partial charge < -0.3 is 15.0 Å². The Morgan fingerprint density at radius 1 is 1.17 bits per heavy atom. The minimum absolute atomic E-state index is 0.0184. The van der Waals surface area contributed by atoms with Crippen molar-refractivity contribution < 1.29 is 19.1 Å². The lowest BCUT2D eigenvalue weighted by Gasteiger charge is -2.32. The monoisotopic (exact) mass is 332 g/mol. The Bertz CT molecular complexity index is 590. The van der Waals surface area contributed by atoms with Crippen LogP contribution >= 0.6 is 0 Å². The average molecular weight is 332 g/mol. The van der Waals surface area contributed by atoms with E-state index in [-0.39, 0.29) is 23.8 Å². The number of piperidine rings is 1. The van der Waals surface area contributed by atoms with Crippen molar-refractivity contribution in [1.29, 1.82) is 0 Å². The Hall–Kier alpha value is -2.37. The fourth-order valence-corrected chi connectivity index (χ4v) is 2.90. The molecule has 1 aliphatic rings. The number of nitrogens with zero attached hydrogens (tertiary/aromatic N) is 1. The first-order chi connectivity index (χ1) is 11.5. The van der Waals surface area contributed by atoms with E-state index in [0.717, 1.165) is 18.4 Å². The van der Waals surface area contributed by atoms with E-state index >= 15 is 0 Å². The second-order valence-electron chi connectivity index (χ2n) is 6.04. The van der Waals surface area contributed by atoms with Crippen LogP contribution in [-0.4, -0.2) is 48.9 Å². The maximum atomic E-state index is 12.3. The molecule has 0 radical (unpaired) electrons. The van der Waals surface area contributed by atoms with Crippen molar-refractivity contribution in [2.75, 3.05) is 20.2 Å². The molecule has 0 unspecified atom stereocenters. The van der Waals surface area contributed by atoms with Crippen LogP contribution in [0.2, 0.25) is 0 Å². The Morgan fingerprint density at radius 3 is 2.33 bits per heavy atom. The number of ether oxygens (including phenoxy) is 1. The second kappa shape index (κ2) is 8.47. The van der Waals surface area contributed by atoms with E-state index in [1.165, 1.54) is 14.0 Å². The van der Waals surface area contributed by atoms with Crippen molar-refractivity contribution >= 4 is 17.8 Å². The first-order valence-corrected chi connectivity index (χ1v) is 8.21. The summed E-state index contributed by atoms with van der Waals surface area (Å²) < 4.78 is 4.66. The lowest BCUT2D eigenvalue weighted by atomic mass is 10.0. The lowest BCUT2D eigenvalue weighted by molar-refractivity contribution is -0.132. The van der Waals surface area contributed by atoms with E-state index < -0.39 is 0 Å². The highest BCUT2D eigenvalue weighted by molar-refractivity contribution is 5.89. The van der Waals surface area contributed by atoms with E-state index in [0.29, 0.717) is 31.5 Å². The number of benzene rings is 1. The molecule has 0 spiro atoms. The number of carbonyl (C=O) groups is 3. The van der Waals surface area contributed by atoms with Crippen LogP contribution in [0.15, 0.2) is 24.3 Å². The highest BCUT2D eigenvalue weighted by Crippen LogP contribution is 2.13. The van der Waals surface area contributed by atoms with Gasteiger partial charge in [0.25, 0.3) is 0 Å². The molecule has 1 aromatic carbocycles. The predicted octanol–water partition coefficient (Wildman–Crippen LogP) is 1.53. The first kappa shape index (κ1) is 18.0. The molecule has 6 nitrogen and oxygen atoms in total. The number of hydrogen-bond donors (Lipinski definition) is 1. The Balaban J connectivity index is 1.77. The first-order valence-electron chi connectivity index (χ1n) is 8.21. The van der Waals surface area contributed by atoms with Gasteiger partial charge in [-0.1, -0.05) is 12.1 Å². The van der Waals surface area contributed by atoms with Gasteiger partial charge in [-0.25, -0.2) is 4.79 Å². The van der Waals surface area contributed by atoms with Crippen LogP contribution in [-0.2, 0) is 20.7 Å². The average Bonchev–Trinajstić information content (AvgIpc) is 2.59. The van der Waals surface area contributed by atoms with Crippen LogP contribution in [0.5, 0.6) is 0 Å². The summed E-state index contributed by atoms with van der Waals surface area (Å²) in [6, 6.07) is 7.30. The minimum Gasteiger partial charge on any atom is -0.465 e. The normalized spacial score (nSPS) is 15.0. The highest BCUT2D eigenvalue weighted by atomic mass is 16.5. The molecule has 0 atom stereocenters. The third-order valence-corrected chi connectivity index (χ3v) is 4.26. The molecule has 0 saturated carbocycles. The number of likely N-dealkylation sites (tertiary alicyclic amines) is 1. The summed E-state index contributed by atoms with van der Waals surface area (Å²) in [4.78, 5) is 36.6. The molecule has 1 aromatic rings. The summed E-state index contributed by atoms with van der Waals surface area (Å²) in [5.74, 6) is -0.247. The maximum absolute atomic E-state index is 12.3. The summed E-state index contributed by atoms with van der Waals surface area (Å²) in [6.07, 6.45) is 2.70. The number of carbonyl (C=O) groups excluding carboxylic acids is 3. The van der Waals surface area contributed by atoms with Crippen molar-refractivity contribution in [3.8, 4) is 0 Å². The third kappa shape index (κ3) is 5.08. The minimum atomic E-state index is -0.361. The number of hydrogen-bond acceptors (Lipinski definition) is 4. The summed E-state index contributed by atoms with van der Waals surface area (Å²) in [5, 5.41) is 2.90. The molecular weight excluding hydrogens is 308 g/mol. The van der Waals surface area contributed by atoms with Crippen molar-refractivity contribution in [2.45, 2.75) is 38.6 Å². The molecule has 0 aliphatic carbocycles. The molecule has 1 aliphatic heterocycles. The largest absolute Gasteiger partial charge is 0.465 e. The Morgan fingerprint density at radius 2 is 1.79 bits per heavy atom. The number of methoxy groups -OCH3 is 1. The molecular formula is C18H24N2O4. The molecule has 1 heterocycles. The van der Waals surface area contributed by atoms with E-state index in [9.17, 15) is 14.4 Å². The zero-order chi connectivity index (χ0) is 17.5. The third-order valence-electron chi connectivity index (χ3n) is 4.26. The second-order valence-corrected chi connectivity index (χ2v) is 6.04. The van der Waals surface area contributed by atoms with E-state index in [4.69, 9.17) is 0 Å². The predicted molar refractivity (Wildman–Crippen MR) is 89.5 cm³/mol. The Kier molecular flexibility index (Phi) is 6.35. The highest BCUT2D eigenvalue weighted by Gasteiger charge is 2.22. The standard InChI is InChI=1S/C18H24N2O4/c1-13(21)19-16-9-11-20(12-10-16)17(22)8-5-14-3-6-15(7-4-14)18(23)24-2/h3-4,6-7,16H,5,8-12H2,1-2H3,(H,19,21). The molecule has 1 saturated heterocycles. The lowest BCUT2D eigenvalue weighted by Crippen LogP contribution is -2.46. The van der Waals surface area contributed by atoms with Gasteiger partial charge in [0.2, 0.25) is 11.8 Å². The van der Waals surface area contributed by atoms with Gasteiger partial charge in [0.15, 0.2) is 0 Å². The van der Waals surface area contributed by atoms with Crippen LogP contribution in [0.25, 0.3) is 0 Å². The van der Waals surface area contributed by atoms with Gasteiger partial charge in [0, 0.05) is 32.5 Å². The van der Waals surface area contributed by atoms with Crippen LogP contribution in [0.1, 0.15) is 42.1 Å². The van der Waals surface area contributed by atoms with E-state index in [2.05, 4.69) is 10.1 Å². The van der Waals surface area contributed by atoms with Gasteiger partial charge in [0.05, 0.1) is 12.7 Å². The van der Waals surface area contributed by atoms with Gasteiger partial charge in [-0.3, -0.25) is 9.59 Å². The van der Waals surface area contributed by atoms with Crippen molar-refractivity contribution in [3.63, 3.8) is 0 Å². The molecule has 0 aromatic heterocycles. The zero-order valence-corrected chi connectivity index (χ0v) is 14.2. The van der Waals surface area contributed by atoms with Gasteiger partial charge in [-0.05, 0) is 37.0 Å². The summed E-state index contributed by atoms with van der Waals surface area (Å²) in [7, 11) is 1.35. The molecule has 2 amide bonds. The van der Waals surface area contributed by atoms with Crippen molar-refractivity contribution in [1.82, 2.24) is 10.2 Å². The Labute approximate surface area is 142 Å². The maximum Gasteiger partial charge on any atom is 0.337 e. The smallest absolute Gasteiger partial charge is 0.337 e. The molecule has 1 fully saturated rings. The molecule has 6 heteroatoms. The fourth-order valence-electron chi connectivity index (χ4n) is 2.90. The molecule has 1 N–H and O–H groups in total. The van der Waals surface area contributed by atoms with Crippen LogP contribution in [0.3, 0.4) is 0 Å². The van der Waals surface area contributed by atoms with Gasteiger partial charge in [-0.15, -0.1) is 0 Å². The number of nitrogens with one attached hydrogen (secondary N) is 1. The van der Waals surface area contributed by atoms with Crippen LogP contribution < -0.4 is 5.32 Å². The number of amides is 2. The molecule has 0 bridgehead atoms. The quantitative estimate of drug-likeness (QED) is 0.830. The SMILES string of the molecule is COC(=O)c1ccc(CCC(=O)N2CCC(NC(C)=O)CC2)cc1. The molecule has 24 heavy (non-hydrogen) atoms. The molecule has 2 rings (SSSR count). The fraction of sp³-hybridized carbons (Fsp3) is 0.500. The summed E-state index contributed by atoms with van der Waals surface area (Å²) in [6.45, 7) is 2.89. The number of aryl methyl sites for hydroxylation is 1. The van der Waals surface area contributed by atoms with Gasteiger partial charge in [-0.2, -0.15) is 0 Å². The molecule has 130 valence electrons. The van der Waals surface area contributed by atoms with E-state index in [1.54, 1.807) is 12.1 Å². The van der Waals surface area contributed by atoms with Gasteiger partial charge >= 0.3 is 5.97 Å². The number of esters is 1. The van der Waals surface area contributed by atoms with Crippen molar-refractivity contribution in [2.24, 2.45) is 0 Å². The summed E-state index contributed by atoms with van der Waals surface area (Å²) in [5.41, 5.74) is 1.52. The van der Waals surface area contributed by atoms with E-state index in [1.807, 2.05) is 17.0 Å².